The highest BCUT2D eigenvalue weighted by atomic mass is 16.5. The van der Waals surface area contributed by atoms with E-state index in [1.54, 1.807) is 0 Å². The van der Waals surface area contributed by atoms with Crippen LogP contribution in [0.5, 0.6) is 11.5 Å². The number of ether oxygens (including phenoxy) is 1. The molecule has 1 aromatic rings. The lowest BCUT2D eigenvalue weighted by Gasteiger charge is -2.32. The maximum absolute atomic E-state index is 10.3. The third kappa shape index (κ3) is 4.75. The molecule has 0 aromatic heterocycles. The van der Waals surface area contributed by atoms with Gasteiger partial charge in [0.1, 0.15) is 17.1 Å². The predicted octanol–water partition coefficient (Wildman–Crippen LogP) is 5.81. The summed E-state index contributed by atoms with van der Waals surface area (Å²) >= 11 is 0. The van der Waals surface area contributed by atoms with Gasteiger partial charge in [-0.3, -0.25) is 0 Å². The zero-order chi connectivity index (χ0) is 16.9. The molecule has 1 aliphatic heterocycles. The fourth-order valence-corrected chi connectivity index (χ4v) is 2.84. The minimum absolute atomic E-state index is 0.304. The summed E-state index contributed by atoms with van der Waals surface area (Å²) in [4.78, 5) is 0. The number of hydrogen-bond donors (Lipinski definition) is 1. The van der Waals surface area contributed by atoms with Crippen molar-refractivity contribution in [1.82, 2.24) is 0 Å². The average molecular weight is 312 g/mol. The van der Waals surface area contributed by atoms with Crippen molar-refractivity contribution in [2.75, 3.05) is 0 Å². The van der Waals surface area contributed by atoms with Gasteiger partial charge in [0.05, 0.1) is 5.56 Å². The van der Waals surface area contributed by atoms with E-state index < -0.39 is 0 Å². The quantitative estimate of drug-likeness (QED) is 0.508. The number of fused-ring (bicyclic) bond motifs is 1. The molecular weight excluding hydrogens is 284 g/mol. The SMILES string of the molecule is C=CCCCc1cc(O)c2c(c1)OC(C)(CCC=C(C)C)C=C2. The summed E-state index contributed by atoms with van der Waals surface area (Å²) in [7, 11) is 0. The van der Waals surface area contributed by atoms with Crippen LogP contribution < -0.4 is 4.74 Å². The van der Waals surface area contributed by atoms with E-state index in [-0.39, 0.29) is 5.60 Å². The van der Waals surface area contributed by atoms with Crippen molar-refractivity contribution in [1.29, 1.82) is 0 Å². The van der Waals surface area contributed by atoms with Crippen LogP contribution in [0.1, 0.15) is 57.6 Å². The summed E-state index contributed by atoms with van der Waals surface area (Å²) in [6.07, 6.45) is 13.1. The highest BCUT2D eigenvalue weighted by molar-refractivity contribution is 5.67. The zero-order valence-corrected chi connectivity index (χ0v) is 14.6. The van der Waals surface area contributed by atoms with Gasteiger partial charge in [-0.15, -0.1) is 6.58 Å². The first-order chi connectivity index (χ1) is 10.9. The largest absolute Gasteiger partial charge is 0.507 e. The van der Waals surface area contributed by atoms with Crippen LogP contribution in [-0.2, 0) is 6.42 Å². The van der Waals surface area contributed by atoms with Crippen molar-refractivity contribution in [2.24, 2.45) is 0 Å². The standard InChI is InChI=1S/C21H28O2/c1-5-6-7-10-17-14-19(22)18-11-13-21(4,23-20(18)15-17)12-8-9-16(2)3/h5,9,11,13-15,22H,1,6-8,10,12H2,2-4H3. The average Bonchev–Trinajstić information content (AvgIpc) is 2.46. The number of aromatic hydroxyl groups is 1. The number of hydrogen-bond acceptors (Lipinski definition) is 2. The van der Waals surface area contributed by atoms with E-state index in [1.807, 2.05) is 18.2 Å². The number of phenolic OH excluding ortho intramolecular Hbond substituents is 1. The Bertz CT molecular complexity index is 621. The van der Waals surface area contributed by atoms with Crippen LogP contribution in [-0.4, -0.2) is 10.7 Å². The first-order valence-corrected chi connectivity index (χ1v) is 8.42. The molecule has 2 heteroatoms. The summed E-state index contributed by atoms with van der Waals surface area (Å²) in [6.45, 7) is 10.1. The molecule has 124 valence electrons. The van der Waals surface area contributed by atoms with Crippen molar-refractivity contribution in [2.45, 2.75) is 58.5 Å². The first kappa shape index (κ1) is 17.4. The Hall–Kier alpha value is -1.96. The van der Waals surface area contributed by atoms with Gasteiger partial charge < -0.3 is 9.84 Å². The molecule has 0 saturated carbocycles. The number of allylic oxidation sites excluding steroid dienone is 3. The molecule has 0 amide bonds. The lowest BCUT2D eigenvalue weighted by atomic mass is 9.93. The van der Waals surface area contributed by atoms with E-state index in [9.17, 15) is 5.11 Å². The minimum atomic E-state index is -0.314. The molecule has 1 heterocycles. The van der Waals surface area contributed by atoms with Crippen LogP contribution in [0.3, 0.4) is 0 Å². The molecule has 1 aliphatic rings. The second-order valence-electron chi connectivity index (χ2n) is 6.78. The molecule has 2 nitrogen and oxygen atoms in total. The molecule has 1 N–H and O–H groups in total. The molecule has 0 radical (unpaired) electrons. The fourth-order valence-electron chi connectivity index (χ4n) is 2.84. The normalized spacial score (nSPS) is 18.9. The Balaban J connectivity index is 2.14. The zero-order valence-electron chi connectivity index (χ0n) is 14.6. The topological polar surface area (TPSA) is 29.5 Å². The van der Waals surface area contributed by atoms with Gasteiger partial charge in [0.15, 0.2) is 0 Å². The molecule has 0 spiro atoms. The van der Waals surface area contributed by atoms with Crippen molar-refractivity contribution < 1.29 is 9.84 Å². The number of phenols is 1. The van der Waals surface area contributed by atoms with Gasteiger partial charge in [-0.2, -0.15) is 0 Å². The van der Waals surface area contributed by atoms with Crippen molar-refractivity contribution in [3.8, 4) is 11.5 Å². The number of aryl methyl sites for hydroxylation is 1. The summed E-state index contributed by atoms with van der Waals surface area (Å²) in [6, 6.07) is 3.92. The van der Waals surface area contributed by atoms with E-state index >= 15 is 0 Å². The van der Waals surface area contributed by atoms with Crippen LogP contribution in [0.25, 0.3) is 6.08 Å². The lowest BCUT2D eigenvalue weighted by molar-refractivity contribution is 0.128. The van der Waals surface area contributed by atoms with Gasteiger partial charge in [0.2, 0.25) is 0 Å². The lowest BCUT2D eigenvalue weighted by Crippen LogP contribution is -2.31. The Kier molecular flexibility index (Phi) is 5.70. The van der Waals surface area contributed by atoms with E-state index in [1.165, 1.54) is 5.57 Å². The van der Waals surface area contributed by atoms with Gasteiger partial charge in [-0.25, -0.2) is 0 Å². The second kappa shape index (κ2) is 7.54. The molecule has 1 unspecified atom stereocenters. The molecular formula is C21H28O2. The number of benzene rings is 1. The highest BCUT2D eigenvalue weighted by Gasteiger charge is 2.28. The van der Waals surface area contributed by atoms with Crippen LogP contribution in [0, 0.1) is 0 Å². The summed E-state index contributed by atoms with van der Waals surface area (Å²) < 4.78 is 6.23. The van der Waals surface area contributed by atoms with E-state index in [0.29, 0.717) is 5.75 Å². The third-order valence-corrected chi connectivity index (χ3v) is 4.19. The predicted molar refractivity (Wildman–Crippen MR) is 98.0 cm³/mol. The molecule has 2 rings (SSSR count). The second-order valence-corrected chi connectivity index (χ2v) is 6.78. The monoisotopic (exact) mass is 312 g/mol. The number of unbranched alkanes of at least 4 members (excludes halogenated alkanes) is 1. The Morgan fingerprint density at radius 1 is 1.30 bits per heavy atom. The van der Waals surface area contributed by atoms with Crippen LogP contribution in [0.4, 0.5) is 0 Å². The fraction of sp³-hybridized carbons (Fsp3) is 0.429. The van der Waals surface area contributed by atoms with Crippen molar-refractivity contribution in [3.05, 3.63) is 53.6 Å². The molecule has 1 atom stereocenters. The van der Waals surface area contributed by atoms with Crippen molar-refractivity contribution in [3.63, 3.8) is 0 Å². The summed E-state index contributed by atoms with van der Waals surface area (Å²) in [5.74, 6) is 1.10. The van der Waals surface area contributed by atoms with E-state index in [0.717, 1.165) is 49.0 Å². The van der Waals surface area contributed by atoms with Crippen LogP contribution >= 0.6 is 0 Å². The minimum Gasteiger partial charge on any atom is -0.507 e. The Morgan fingerprint density at radius 3 is 2.78 bits per heavy atom. The van der Waals surface area contributed by atoms with Gasteiger partial charge >= 0.3 is 0 Å². The smallest absolute Gasteiger partial charge is 0.131 e. The van der Waals surface area contributed by atoms with E-state index in [2.05, 4.69) is 45.6 Å². The molecule has 23 heavy (non-hydrogen) atoms. The Morgan fingerprint density at radius 2 is 2.09 bits per heavy atom. The molecule has 0 fully saturated rings. The molecule has 0 saturated heterocycles. The molecule has 1 aromatic carbocycles. The van der Waals surface area contributed by atoms with Crippen LogP contribution in [0.2, 0.25) is 0 Å². The van der Waals surface area contributed by atoms with Gasteiger partial charge in [-0.05, 0) is 82.7 Å². The summed E-state index contributed by atoms with van der Waals surface area (Å²) in [5, 5.41) is 10.3. The molecule has 0 bridgehead atoms. The van der Waals surface area contributed by atoms with Gasteiger partial charge in [0.25, 0.3) is 0 Å². The summed E-state index contributed by atoms with van der Waals surface area (Å²) in [5.41, 5.74) is 2.92. The molecule has 0 aliphatic carbocycles. The first-order valence-electron chi connectivity index (χ1n) is 8.42. The highest BCUT2D eigenvalue weighted by Crippen LogP contribution is 2.39. The van der Waals surface area contributed by atoms with Gasteiger partial charge in [-0.1, -0.05) is 17.7 Å². The maximum Gasteiger partial charge on any atom is 0.131 e. The van der Waals surface area contributed by atoms with Crippen LogP contribution in [0.15, 0.2) is 42.5 Å². The Labute approximate surface area is 140 Å². The van der Waals surface area contributed by atoms with Crippen molar-refractivity contribution >= 4 is 6.08 Å². The van der Waals surface area contributed by atoms with Gasteiger partial charge in [0, 0.05) is 0 Å². The third-order valence-electron chi connectivity index (χ3n) is 4.19. The van der Waals surface area contributed by atoms with E-state index in [4.69, 9.17) is 4.74 Å². The number of rotatable bonds is 7. The maximum atomic E-state index is 10.3.